The van der Waals surface area contributed by atoms with Crippen LogP contribution in [0.1, 0.15) is 22.8 Å². The normalized spacial score (nSPS) is 11.2. The van der Waals surface area contributed by atoms with Crippen LogP contribution in [0.15, 0.2) is 48.5 Å². The second-order valence-electron chi connectivity index (χ2n) is 6.55. The van der Waals surface area contributed by atoms with E-state index >= 15 is 0 Å². The number of carbonyl (C=O) groups is 4. The smallest absolute Gasteiger partial charge is 0.319 e. The lowest BCUT2D eigenvalue weighted by atomic mass is 10.2. The van der Waals surface area contributed by atoms with Gasteiger partial charge in [-0.3, -0.25) is 24.5 Å². The summed E-state index contributed by atoms with van der Waals surface area (Å²) in [5.74, 6) is -1.98. The van der Waals surface area contributed by atoms with Gasteiger partial charge in [-0.15, -0.1) is 11.8 Å². The molecule has 0 aliphatic rings. The zero-order valence-electron chi connectivity index (χ0n) is 17.5. The third-order valence-corrected chi connectivity index (χ3v) is 5.20. The van der Waals surface area contributed by atoms with Gasteiger partial charge in [-0.1, -0.05) is 29.8 Å². The van der Waals surface area contributed by atoms with Crippen LogP contribution in [0.2, 0.25) is 0 Å². The van der Waals surface area contributed by atoms with Crippen molar-refractivity contribution in [3.63, 3.8) is 0 Å². The Morgan fingerprint density at radius 2 is 1.68 bits per heavy atom. The minimum atomic E-state index is -0.765. The number of anilines is 1. The highest BCUT2D eigenvalue weighted by Gasteiger charge is 2.20. The van der Waals surface area contributed by atoms with Crippen molar-refractivity contribution in [3.8, 4) is 5.75 Å². The zero-order chi connectivity index (χ0) is 22.8. The Bertz CT molecular complexity index is 945. The summed E-state index contributed by atoms with van der Waals surface area (Å²) in [5.41, 5.74) is 1.94. The first kappa shape index (κ1) is 23.9. The van der Waals surface area contributed by atoms with Crippen molar-refractivity contribution in [2.75, 3.05) is 24.8 Å². The lowest BCUT2D eigenvalue weighted by molar-refractivity contribution is -0.147. The average molecular weight is 445 g/mol. The van der Waals surface area contributed by atoms with Gasteiger partial charge in [-0.05, 0) is 38.1 Å². The number of ether oxygens (including phenoxy) is 2. The second-order valence-corrected chi connectivity index (χ2v) is 7.88. The van der Waals surface area contributed by atoms with E-state index in [1.54, 1.807) is 37.3 Å². The van der Waals surface area contributed by atoms with E-state index in [1.165, 1.54) is 13.2 Å². The van der Waals surface area contributed by atoms with Crippen molar-refractivity contribution >= 4 is 41.1 Å². The molecule has 2 N–H and O–H groups in total. The number of amides is 3. The summed E-state index contributed by atoms with van der Waals surface area (Å²) in [4.78, 5) is 48.1. The van der Waals surface area contributed by atoms with Crippen LogP contribution in [-0.2, 0) is 19.1 Å². The van der Waals surface area contributed by atoms with Crippen molar-refractivity contribution in [3.05, 3.63) is 59.7 Å². The summed E-state index contributed by atoms with van der Waals surface area (Å²) in [6.07, 6.45) is 0. The fourth-order valence-electron chi connectivity index (χ4n) is 2.42. The van der Waals surface area contributed by atoms with Gasteiger partial charge in [-0.2, -0.15) is 0 Å². The monoisotopic (exact) mass is 444 g/mol. The summed E-state index contributed by atoms with van der Waals surface area (Å²) in [5, 5.41) is 4.21. The van der Waals surface area contributed by atoms with Gasteiger partial charge in [0.05, 0.1) is 18.4 Å². The topological polar surface area (TPSA) is 111 Å². The maximum absolute atomic E-state index is 12.2. The van der Waals surface area contributed by atoms with Gasteiger partial charge >= 0.3 is 5.97 Å². The van der Waals surface area contributed by atoms with E-state index in [-0.39, 0.29) is 17.2 Å². The predicted molar refractivity (Wildman–Crippen MR) is 118 cm³/mol. The van der Waals surface area contributed by atoms with Gasteiger partial charge in [0.2, 0.25) is 5.91 Å². The Morgan fingerprint density at radius 1 is 1.00 bits per heavy atom. The molecular formula is C22H24N2O6S. The summed E-state index contributed by atoms with van der Waals surface area (Å²) < 4.78 is 10.0. The van der Waals surface area contributed by atoms with E-state index in [4.69, 9.17) is 9.47 Å². The number of rotatable bonds is 9. The summed E-state index contributed by atoms with van der Waals surface area (Å²) >= 11 is 1.08. The number of esters is 1. The third-order valence-electron chi connectivity index (χ3n) is 4.08. The molecule has 0 saturated heterocycles. The van der Waals surface area contributed by atoms with Gasteiger partial charge in [0.25, 0.3) is 11.8 Å². The molecule has 31 heavy (non-hydrogen) atoms. The Kier molecular flexibility index (Phi) is 9.08. The minimum Gasteiger partial charge on any atom is -0.496 e. The number of imide groups is 1. The largest absolute Gasteiger partial charge is 0.496 e. The molecule has 0 bridgehead atoms. The van der Waals surface area contributed by atoms with Crippen molar-refractivity contribution in [1.82, 2.24) is 5.32 Å². The van der Waals surface area contributed by atoms with Crippen LogP contribution >= 0.6 is 11.8 Å². The number of para-hydroxylation sites is 1. The van der Waals surface area contributed by atoms with E-state index in [0.717, 1.165) is 17.3 Å². The van der Waals surface area contributed by atoms with Crippen LogP contribution in [-0.4, -0.2) is 48.4 Å². The number of hydrogen-bond acceptors (Lipinski definition) is 7. The molecule has 0 spiro atoms. The molecule has 0 heterocycles. The third kappa shape index (κ3) is 7.78. The number of benzene rings is 2. The molecular weight excluding hydrogens is 420 g/mol. The van der Waals surface area contributed by atoms with Crippen molar-refractivity contribution < 1.29 is 28.7 Å². The van der Waals surface area contributed by atoms with Crippen molar-refractivity contribution in [1.29, 1.82) is 0 Å². The molecule has 0 radical (unpaired) electrons. The van der Waals surface area contributed by atoms with Gasteiger partial charge in [0.15, 0.2) is 6.61 Å². The molecule has 164 valence electrons. The Labute approximate surface area is 184 Å². The fourth-order valence-corrected chi connectivity index (χ4v) is 3.10. The molecule has 8 nitrogen and oxygen atoms in total. The Balaban J connectivity index is 1.73. The van der Waals surface area contributed by atoms with Crippen LogP contribution in [0.25, 0.3) is 0 Å². The Morgan fingerprint density at radius 3 is 2.35 bits per heavy atom. The first-order valence-corrected chi connectivity index (χ1v) is 10.5. The first-order chi connectivity index (χ1) is 14.8. The molecule has 0 aliphatic carbocycles. The number of thioether (sulfide) groups is 1. The molecule has 0 saturated carbocycles. The first-order valence-electron chi connectivity index (χ1n) is 9.42. The maximum Gasteiger partial charge on any atom is 0.319 e. The molecule has 2 rings (SSSR count). The van der Waals surface area contributed by atoms with Crippen LogP contribution in [0.5, 0.6) is 5.75 Å². The predicted octanol–water partition coefficient (Wildman–Crippen LogP) is 2.56. The summed E-state index contributed by atoms with van der Waals surface area (Å²) in [6, 6.07) is 13.8. The van der Waals surface area contributed by atoms with Crippen molar-refractivity contribution in [2.45, 2.75) is 19.1 Å². The lowest BCUT2D eigenvalue weighted by Crippen LogP contribution is -2.35. The summed E-state index contributed by atoms with van der Waals surface area (Å²) in [7, 11) is 1.41. The molecule has 0 aliphatic heterocycles. The van der Waals surface area contributed by atoms with Crippen LogP contribution in [0.3, 0.4) is 0 Å². The van der Waals surface area contributed by atoms with Crippen LogP contribution in [0, 0.1) is 6.92 Å². The zero-order valence-corrected chi connectivity index (χ0v) is 18.3. The average Bonchev–Trinajstić information content (AvgIpc) is 2.77. The molecule has 2 aromatic rings. The van der Waals surface area contributed by atoms with Gasteiger partial charge in [0, 0.05) is 5.69 Å². The van der Waals surface area contributed by atoms with Gasteiger partial charge in [-0.25, -0.2) is 0 Å². The number of nitrogens with one attached hydrogen (secondary N) is 2. The molecule has 2 aromatic carbocycles. The Hall–Kier alpha value is -3.33. The second kappa shape index (κ2) is 11.8. The van der Waals surface area contributed by atoms with E-state index in [2.05, 4.69) is 10.6 Å². The molecule has 0 unspecified atom stereocenters. The van der Waals surface area contributed by atoms with Gasteiger partial charge < -0.3 is 14.8 Å². The number of hydrogen-bond donors (Lipinski definition) is 2. The highest BCUT2D eigenvalue weighted by atomic mass is 32.2. The highest BCUT2D eigenvalue weighted by Crippen LogP contribution is 2.17. The molecule has 0 fully saturated rings. The number of methoxy groups -OCH3 is 1. The number of aryl methyl sites for hydroxylation is 1. The van der Waals surface area contributed by atoms with Crippen molar-refractivity contribution in [2.24, 2.45) is 0 Å². The van der Waals surface area contributed by atoms with E-state index in [9.17, 15) is 19.2 Å². The standard InChI is InChI=1S/C22H24N2O6S/c1-14-8-10-16(11-9-14)23-20(26)13-31-15(2)22(28)30-12-19(25)24-21(27)17-6-4-5-7-18(17)29-3/h4-11,15H,12-13H2,1-3H3,(H,23,26)(H,24,25,27)/t15-/m1/s1. The summed E-state index contributed by atoms with van der Waals surface area (Å²) in [6.45, 7) is 2.91. The molecule has 9 heteroatoms. The fraction of sp³-hybridized carbons (Fsp3) is 0.273. The number of carbonyl (C=O) groups excluding carboxylic acids is 4. The minimum absolute atomic E-state index is 0.0443. The van der Waals surface area contributed by atoms with E-state index in [0.29, 0.717) is 11.4 Å². The van der Waals surface area contributed by atoms with Crippen LogP contribution < -0.4 is 15.4 Å². The van der Waals surface area contributed by atoms with Gasteiger partial charge in [0.1, 0.15) is 11.0 Å². The van der Waals surface area contributed by atoms with E-state index < -0.39 is 29.6 Å². The molecule has 1 atom stereocenters. The van der Waals surface area contributed by atoms with E-state index in [1.807, 2.05) is 19.1 Å². The molecule has 3 amide bonds. The quantitative estimate of drug-likeness (QED) is 0.572. The van der Waals surface area contributed by atoms with Crippen LogP contribution in [0.4, 0.5) is 5.69 Å². The lowest BCUT2D eigenvalue weighted by Gasteiger charge is -2.12. The SMILES string of the molecule is COc1ccccc1C(=O)NC(=O)COC(=O)[C@@H](C)SCC(=O)Nc1ccc(C)cc1. The highest BCUT2D eigenvalue weighted by molar-refractivity contribution is 8.01. The molecule has 0 aromatic heterocycles. The maximum atomic E-state index is 12.2.